The number of unbranched alkanes of at least 4 members (excludes halogenated alkanes) is 2. The lowest BCUT2D eigenvalue weighted by Gasteiger charge is -2.32. The van der Waals surface area contributed by atoms with Gasteiger partial charge >= 0.3 is 11.9 Å². The molecule has 115 valence electrons. The molecule has 0 aromatic rings. The van der Waals surface area contributed by atoms with E-state index in [1.54, 1.807) is 6.92 Å². The average Bonchev–Trinajstić information content (AvgIpc) is 2.38. The lowest BCUT2D eigenvalue weighted by Crippen LogP contribution is -2.37. The van der Waals surface area contributed by atoms with E-state index < -0.39 is 23.3 Å². The molecule has 0 aliphatic heterocycles. The normalized spacial score (nSPS) is 12.8. The fraction of sp³-hybridized carbons (Fsp3) is 0.688. The molecule has 0 saturated heterocycles. The van der Waals surface area contributed by atoms with Gasteiger partial charge in [0.1, 0.15) is 0 Å². The van der Waals surface area contributed by atoms with Crippen LogP contribution in [0.5, 0.6) is 0 Å². The van der Waals surface area contributed by atoms with Gasteiger partial charge in [0.25, 0.3) is 0 Å². The molecule has 0 saturated carbocycles. The summed E-state index contributed by atoms with van der Waals surface area (Å²) in [7, 11) is 0. The second kappa shape index (κ2) is 8.77. The van der Waals surface area contributed by atoms with Crippen molar-refractivity contribution in [1.82, 2.24) is 0 Å². The van der Waals surface area contributed by atoms with E-state index in [9.17, 15) is 9.59 Å². The van der Waals surface area contributed by atoms with E-state index in [-0.39, 0.29) is 5.57 Å². The Morgan fingerprint density at radius 1 is 1.25 bits per heavy atom. The summed E-state index contributed by atoms with van der Waals surface area (Å²) in [5, 5.41) is 9.13. The van der Waals surface area contributed by atoms with E-state index in [2.05, 4.69) is 13.5 Å². The summed E-state index contributed by atoms with van der Waals surface area (Å²) < 4.78 is 5.20. The fourth-order valence-electron chi connectivity index (χ4n) is 2.05. The number of ether oxygens (including phenoxy) is 1. The molecule has 1 radical (unpaired) electrons. The number of esters is 1. The summed E-state index contributed by atoms with van der Waals surface area (Å²) in [6, 6.07) is 0. The predicted molar refractivity (Wildman–Crippen MR) is 79.1 cm³/mol. The number of rotatable bonds is 10. The summed E-state index contributed by atoms with van der Waals surface area (Å²) in [4.78, 5) is 23.3. The Balaban J connectivity index is 4.95. The number of hydrogen-bond acceptors (Lipinski definition) is 3. The molecule has 0 aliphatic carbocycles. The Morgan fingerprint density at radius 2 is 1.80 bits per heavy atom. The van der Waals surface area contributed by atoms with Crippen molar-refractivity contribution in [3.63, 3.8) is 0 Å². The standard InChI is InChI=1S/C16H27O4/c1-6-8-10-13(12(3)14(17)18)16(4,5)15(19)20-11-9-7-2/h13H,3-4,6-11H2,1-2,5H3,(H,17,18). The van der Waals surface area contributed by atoms with Crippen LogP contribution >= 0.6 is 0 Å². The first-order chi connectivity index (χ1) is 9.28. The van der Waals surface area contributed by atoms with Crippen molar-refractivity contribution in [1.29, 1.82) is 0 Å². The van der Waals surface area contributed by atoms with Gasteiger partial charge in [-0.15, -0.1) is 0 Å². The van der Waals surface area contributed by atoms with E-state index in [4.69, 9.17) is 9.84 Å². The Morgan fingerprint density at radius 3 is 2.25 bits per heavy atom. The van der Waals surface area contributed by atoms with Crippen molar-refractivity contribution in [3.8, 4) is 0 Å². The zero-order valence-corrected chi connectivity index (χ0v) is 12.9. The first-order valence-electron chi connectivity index (χ1n) is 7.23. The van der Waals surface area contributed by atoms with Crippen LogP contribution in [0.4, 0.5) is 0 Å². The summed E-state index contributed by atoms with van der Waals surface area (Å²) in [5.74, 6) is -2.04. The second-order valence-electron chi connectivity index (χ2n) is 5.43. The van der Waals surface area contributed by atoms with Crippen molar-refractivity contribution in [2.24, 2.45) is 11.3 Å². The van der Waals surface area contributed by atoms with Crippen LogP contribution in [0.3, 0.4) is 0 Å². The highest BCUT2D eigenvalue weighted by atomic mass is 16.5. The zero-order chi connectivity index (χ0) is 15.8. The van der Waals surface area contributed by atoms with Gasteiger partial charge in [-0.1, -0.05) is 39.7 Å². The van der Waals surface area contributed by atoms with Crippen LogP contribution in [0, 0.1) is 18.3 Å². The predicted octanol–water partition coefficient (Wildman–Crippen LogP) is 3.62. The van der Waals surface area contributed by atoms with Gasteiger partial charge in [-0.25, -0.2) is 4.79 Å². The number of carbonyl (C=O) groups is 2. The number of carboxylic acid groups (broad SMARTS) is 1. The van der Waals surface area contributed by atoms with Crippen LogP contribution in [0.1, 0.15) is 52.9 Å². The van der Waals surface area contributed by atoms with E-state index in [1.807, 2.05) is 13.8 Å². The van der Waals surface area contributed by atoms with Crippen molar-refractivity contribution in [3.05, 3.63) is 19.1 Å². The molecule has 0 aliphatic rings. The van der Waals surface area contributed by atoms with Gasteiger partial charge in [0.2, 0.25) is 0 Å². The molecule has 1 N–H and O–H groups in total. The Labute approximate surface area is 122 Å². The maximum absolute atomic E-state index is 12.2. The Hall–Kier alpha value is -1.32. The van der Waals surface area contributed by atoms with Crippen LogP contribution in [0.2, 0.25) is 0 Å². The van der Waals surface area contributed by atoms with Gasteiger partial charge in [0.05, 0.1) is 12.0 Å². The topological polar surface area (TPSA) is 63.6 Å². The fourth-order valence-corrected chi connectivity index (χ4v) is 2.05. The third-order valence-corrected chi connectivity index (χ3v) is 3.51. The molecule has 2 atom stereocenters. The van der Waals surface area contributed by atoms with E-state index in [0.29, 0.717) is 13.0 Å². The lowest BCUT2D eigenvalue weighted by atomic mass is 9.72. The smallest absolute Gasteiger partial charge is 0.331 e. The third-order valence-electron chi connectivity index (χ3n) is 3.51. The molecule has 2 unspecified atom stereocenters. The van der Waals surface area contributed by atoms with Gasteiger partial charge in [-0.3, -0.25) is 4.79 Å². The molecule has 0 aromatic heterocycles. The average molecular weight is 283 g/mol. The zero-order valence-electron chi connectivity index (χ0n) is 12.9. The molecule has 0 heterocycles. The van der Waals surface area contributed by atoms with E-state index in [1.165, 1.54) is 0 Å². The minimum atomic E-state index is -1.11. The van der Waals surface area contributed by atoms with Gasteiger partial charge < -0.3 is 9.84 Å². The number of carboxylic acids is 1. The van der Waals surface area contributed by atoms with Gasteiger partial charge in [0, 0.05) is 11.5 Å². The van der Waals surface area contributed by atoms with Gasteiger partial charge in [-0.2, -0.15) is 0 Å². The highest BCUT2D eigenvalue weighted by molar-refractivity contribution is 5.89. The highest BCUT2D eigenvalue weighted by Gasteiger charge is 2.41. The van der Waals surface area contributed by atoms with E-state index >= 15 is 0 Å². The molecule has 0 amide bonds. The first-order valence-corrected chi connectivity index (χ1v) is 7.23. The summed E-state index contributed by atoms with van der Waals surface area (Å²) in [5.41, 5.74) is -1.08. The summed E-state index contributed by atoms with van der Waals surface area (Å²) in [6.07, 6.45) is 4.04. The van der Waals surface area contributed by atoms with Crippen molar-refractivity contribution in [2.75, 3.05) is 6.61 Å². The molecule has 0 bridgehead atoms. The molecule has 0 spiro atoms. The maximum atomic E-state index is 12.2. The van der Waals surface area contributed by atoms with Gasteiger partial charge in [0.15, 0.2) is 0 Å². The molecule has 0 fully saturated rings. The van der Waals surface area contributed by atoms with Crippen LogP contribution < -0.4 is 0 Å². The quantitative estimate of drug-likeness (QED) is 0.378. The number of aliphatic carboxylic acids is 1. The van der Waals surface area contributed by atoms with Crippen LogP contribution in [0.25, 0.3) is 0 Å². The highest BCUT2D eigenvalue weighted by Crippen LogP contribution is 2.37. The second-order valence-corrected chi connectivity index (χ2v) is 5.43. The van der Waals surface area contributed by atoms with Crippen molar-refractivity contribution < 1.29 is 19.4 Å². The minimum Gasteiger partial charge on any atom is -0.478 e. The van der Waals surface area contributed by atoms with Gasteiger partial charge in [-0.05, 0) is 26.7 Å². The molecule has 0 aromatic carbocycles. The molecular formula is C16H27O4. The van der Waals surface area contributed by atoms with Crippen LogP contribution in [-0.4, -0.2) is 23.7 Å². The third kappa shape index (κ3) is 5.35. The monoisotopic (exact) mass is 283 g/mol. The van der Waals surface area contributed by atoms with Crippen LogP contribution in [-0.2, 0) is 14.3 Å². The Bertz CT molecular complexity index is 344. The lowest BCUT2D eigenvalue weighted by molar-refractivity contribution is -0.155. The number of hydrogen-bond donors (Lipinski definition) is 1. The number of carbonyl (C=O) groups excluding carboxylic acids is 1. The van der Waals surface area contributed by atoms with Crippen LogP contribution in [0.15, 0.2) is 12.2 Å². The SMILES string of the molecule is [CH2]C(C)(C(=O)OCCCC)C(CCCC)C(=C)C(=O)O. The maximum Gasteiger partial charge on any atom is 0.331 e. The van der Waals surface area contributed by atoms with E-state index in [0.717, 1.165) is 25.7 Å². The molecule has 4 heteroatoms. The summed E-state index contributed by atoms with van der Waals surface area (Å²) >= 11 is 0. The molecule has 4 nitrogen and oxygen atoms in total. The van der Waals surface area contributed by atoms with Crippen molar-refractivity contribution >= 4 is 11.9 Å². The molecular weight excluding hydrogens is 256 g/mol. The first kappa shape index (κ1) is 18.7. The molecule has 0 rings (SSSR count). The summed E-state index contributed by atoms with van der Waals surface area (Å²) in [6.45, 7) is 13.5. The molecule has 20 heavy (non-hydrogen) atoms. The van der Waals surface area contributed by atoms with Crippen molar-refractivity contribution in [2.45, 2.75) is 52.9 Å². The Kier molecular flexibility index (Phi) is 8.19. The largest absolute Gasteiger partial charge is 0.478 e. The minimum absolute atomic E-state index is 0.0309.